The van der Waals surface area contributed by atoms with Gasteiger partial charge in [-0.15, -0.1) is 0 Å². The Kier molecular flexibility index (Phi) is 29.1. The van der Waals surface area contributed by atoms with E-state index in [9.17, 15) is 0 Å². The highest BCUT2D eigenvalue weighted by atomic mass is 16.5. The second-order valence-corrected chi connectivity index (χ2v) is 6.15. The molecule has 23 heavy (non-hydrogen) atoms. The van der Waals surface area contributed by atoms with Gasteiger partial charge in [-0.3, -0.25) is 4.90 Å². The molecule has 0 aromatic rings. The van der Waals surface area contributed by atoms with Crippen LogP contribution in [-0.4, -0.2) is 50.5 Å². The van der Waals surface area contributed by atoms with Gasteiger partial charge >= 0.3 is 0 Å². The van der Waals surface area contributed by atoms with Crippen molar-refractivity contribution in [2.45, 2.75) is 87.6 Å². The molecule has 0 aromatic heterocycles. The van der Waals surface area contributed by atoms with E-state index in [0.29, 0.717) is 6.04 Å². The molecule has 0 aromatic carbocycles. The molecule has 2 aliphatic heterocycles. The van der Waals surface area contributed by atoms with Crippen molar-refractivity contribution in [1.82, 2.24) is 4.90 Å². The molecule has 0 N–H and O–H groups in total. The fourth-order valence-corrected chi connectivity index (χ4v) is 1.78. The summed E-state index contributed by atoms with van der Waals surface area (Å²) >= 11 is 0. The van der Waals surface area contributed by atoms with Gasteiger partial charge in [0.15, 0.2) is 0 Å². The van der Waals surface area contributed by atoms with Gasteiger partial charge in [0, 0.05) is 32.3 Å². The van der Waals surface area contributed by atoms with Crippen molar-refractivity contribution < 1.29 is 9.47 Å². The van der Waals surface area contributed by atoms with E-state index in [4.69, 9.17) is 9.47 Å². The lowest BCUT2D eigenvalue weighted by Crippen LogP contribution is -2.40. The fourth-order valence-electron chi connectivity index (χ4n) is 1.78. The van der Waals surface area contributed by atoms with Crippen molar-refractivity contribution in [2.75, 3.05) is 39.5 Å². The van der Waals surface area contributed by atoms with Crippen LogP contribution in [0, 0.1) is 5.92 Å². The molecule has 0 amide bonds. The standard InChI is InChI=1S/C7H15NO.C5H10O.C4H10.2C2H6/c1-7(2)8-3-5-9-6-4-8;1-2-4-6-5-3-1;1-4(2)3;2*1-2/h7H,3-6H2,1-2H3;1-5H2;4H,1-3H3;2*1-2H3. The number of hydrogen-bond donors (Lipinski definition) is 0. The van der Waals surface area contributed by atoms with E-state index < -0.39 is 0 Å². The summed E-state index contributed by atoms with van der Waals surface area (Å²) < 4.78 is 10.3. The van der Waals surface area contributed by atoms with Crippen molar-refractivity contribution in [3.8, 4) is 0 Å². The van der Waals surface area contributed by atoms with Crippen molar-refractivity contribution >= 4 is 0 Å². The molecule has 0 saturated carbocycles. The van der Waals surface area contributed by atoms with E-state index >= 15 is 0 Å². The monoisotopic (exact) mass is 333 g/mol. The molecule has 2 heterocycles. The summed E-state index contributed by atoms with van der Waals surface area (Å²) in [6.45, 7) is 25.0. The van der Waals surface area contributed by atoms with E-state index in [2.05, 4.69) is 39.5 Å². The quantitative estimate of drug-likeness (QED) is 0.621. The minimum Gasteiger partial charge on any atom is -0.381 e. The Balaban J connectivity index is -0.000000250. The Morgan fingerprint density at radius 1 is 0.609 bits per heavy atom. The average Bonchev–Trinajstić information content (AvgIpc) is 2.61. The van der Waals surface area contributed by atoms with Gasteiger partial charge in [-0.05, 0) is 39.0 Å². The number of rotatable bonds is 1. The number of nitrogens with zero attached hydrogens (tertiary/aromatic N) is 1. The summed E-state index contributed by atoms with van der Waals surface area (Å²) in [6, 6.07) is 0.689. The third-order valence-electron chi connectivity index (χ3n) is 2.85. The first-order chi connectivity index (χ1) is 11.0. The van der Waals surface area contributed by atoms with Gasteiger partial charge in [-0.2, -0.15) is 0 Å². The topological polar surface area (TPSA) is 21.7 Å². The maximum atomic E-state index is 5.21. The van der Waals surface area contributed by atoms with Gasteiger partial charge in [0.25, 0.3) is 0 Å². The molecule has 2 rings (SSSR count). The van der Waals surface area contributed by atoms with Crippen LogP contribution in [-0.2, 0) is 9.47 Å². The lowest BCUT2D eigenvalue weighted by atomic mass is 10.2. The van der Waals surface area contributed by atoms with Crippen molar-refractivity contribution in [3.63, 3.8) is 0 Å². The summed E-state index contributed by atoms with van der Waals surface area (Å²) in [5, 5.41) is 0. The maximum absolute atomic E-state index is 5.21. The van der Waals surface area contributed by atoms with Gasteiger partial charge in [0.2, 0.25) is 0 Å². The van der Waals surface area contributed by atoms with Gasteiger partial charge in [-0.25, -0.2) is 0 Å². The summed E-state index contributed by atoms with van der Waals surface area (Å²) in [6.07, 6.45) is 3.93. The molecular formula is C20H47NO2. The molecule has 0 radical (unpaired) electrons. The van der Waals surface area contributed by atoms with Crippen LogP contribution >= 0.6 is 0 Å². The number of morpholine rings is 1. The number of ether oxygens (including phenoxy) is 2. The van der Waals surface area contributed by atoms with Gasteiger partial charge in [0.05, 0.1) is 13.2 Å². The lowest BCUT2D eigenvalue weighted by Gasteiger charge is -2.29. The minimum atomic E-state index is 0.689. The van der Waals surface area contributed by atoms with Gasteiger partial charge in [0.1, 0.15) is 0 Å². The Morgan fingerprint density at radius 3 is 1.13 bits per heavy atom. The summed E-state index contributed by atoms with van der Waals surface area (Å²) in [5.74, 6) is 0.833. The molecule has 3 nitrogen and oxygen atoms in total. The highest BCUT2D eigenvalue weighted by Gasteiger charge is 2.11. The van der Waals surface area contributed by atoms with Crippen molar-refractivity contribution in [1.29, 1.82) is 0 Å². The second kappa shape index (κ2) is 24.1. The Morgan fingerprint density at radius 2 is 0.957 bits per heavy atom. The third-order valence-corrected chi connectivity index (χ3v) is 2.85. The first kappa shape index (κ1) is 27.7. The molecule has 0 bridgehead atoms. The zero-order valence-electron chi connectivity index (χ0n) is 17.8. The SMILES string of the molecule is C1CCOCC1.CC.CC.CC(C)C.CC(C)N1CCOCC1. The molecule has 2 saturated heterocycles. The zero-order chi connectivity index (χ0) is 18.5. The van der Waals surface area contributed by atoms with Gasteiger partial charge in [-0.1, -0.05) is 48.5 Å². The van der Waals surface area contributed by atoms with Crippen LogP contribution in [0.1, 0.15) is 81.6 Å². The predicted octanol–water partition coefficient (Wildman–Crippen LogP) is 5.63. The minimum absolute atomic E-state index is 0.689. The van der Waals surface area contributed by atoms with E-state index in [0.717, 1.165) is 45.4 Å². The zero-order valence-corrected chi connectivity index (χ0v) is 17.8. The second-order valence-electron chi connectivity index (χ2n) is 6.15. The highest BCUT2D eigenvalue weighted by molar-refractivity contribution is 4.64. The Bertz CT molecular complexity index is 160. The smallest absolute Gasteiger partial charge is 0.0594 e. The summed E-state index contributed by atoms with van der Waals surface area (Å²) in [5.41, 5.74) is 0. The average molecular weight is 334 g/mol. The lowest BCUT2D eigenvalue weighted by molar-refractivity contribution is 0.0238. The van der Waals surface area contributed by atoms with Crippen LogP contribution in [0.3, 0.4) is 0 Å². The summed E-state index contributed by atoms with van der Waals surface area (Å²) in [4.78, 5) is 2.43. The molecule has 2 aliphatic rings. The molecule has 0 aliphatic carbocycles. The first-order valence-corrected chi connectivity index (χ1v) is 9.93. The fraction of sp³-hybridized carbons (Fsp3) is 1.00. The number of hydrogen-bond acceptors (Lipinski definition) is 3. The molecule has 0 unspecified atom stereocenters. The molecule has 0 spiro atoms. The Hall–Kier alpha value is -0.120. The largest absolute Gasteiger partial charge is 0.381 e. The molecule has 0 atom stereocenters. The molecule has 2 fully saturated rings. The van der Waals surface area contributed by atoms with Crippen LogP contribution in [0.4, 0.5) is 0 Å². The van der Waals surface area contributed by atoms with E-state index in [1.807, 2.05) is 27.7 Å². The van der Waals surface area contributed by atoms with Crippen molar-refractivity contribution in [2.24, 2.45) is 5.92 Å². The molecular weight excluding hydrogens is 286 g/mol. The van der Waals surface area contributed by atoms with Crippen LogP contribution in [0.15, 0.2) is 0 Å². The van der Waals surface area contributed by atoms with Crippen LogP contribution in [0.5, 0.6) is 0 Å². The van der Waals surface area contributed by atoms with Crippen molar-refractivity contribution in [3.05, 3.63) is 0 Å². The van der Waals surface area contributed by atoms with Crippen LogP contribution < -0.4 is 0 Å². The van der Waals surface area contributed by atoms with E-state index in [1.54, 1.807) is 0 Å². The first-order valence-electron chi connectivity index (χ1n) is 9.93. The van der Waals surface area contributed by atoms with E-state index in [1.165, 1.54) is 19.3 Å². The normalized spacial score (nSPS) is 17.3. The predicted molar refractivity (Wildman–Crippen MR) is 105 cm³/mol. The van der Waals surface area contributed by atoms with E-state index in [-0.39, 0.29) is 0 Å². The molecule has 3 heteroatoms. The van der Waals surface area contributed by atoms with Crippen LogP contribution in [0.2, 0.25) is 0 Å². The van der Waals surface area contributed by atoms with Crippen LogP contribution in [0.25, 0.3) is 0 Å². The Labute approximate surface area is 148 Å². The van der Waals surface area contributed by atoms with Gasteiger partial charge < -0.3 is 9.47 Å². The highest BCUT2D eigenvalue weighted by Crippen LogP contribution is 2.02. The third kappa shape index (κ3) is 27.0. The maximum Gasteiger partial charge on any atom is 0.0594 e. The summed E-state index contributed by atoms with van der Waals surface area (Å²) in [7, 11) is 0. The molecule has 144 valence electrons.